The molecule has 1 aromatic rings. The quantitative estimate of drug-likeness (QED) is 0.192. The number of benzene rings is 1. The number of anilines is 1. The number of rotatable bonds is 7. The minimum absolute atomic E-state index is 0.0434. The molecule has 0 saturated carbocycles. The molecule has 1 aromatic carbocycles. The molecule has 9 N–H and O–H groups in total. The maximum absolute atomic E-state index is 10.9. The Balaban J connectivity index is 1.70. The molecule has 0 unspecified atom stereocenters. The monoisotopic (exact) mass is 461 g/mol. The van der Waals surface area contributed by atoms with Crippen LogP contribution in [-0.2, 0) is 14.2 Å². The van der Waals surface area contributed by atoms with Crippen LogP contribution in [-0.4, -0.2) is 121 Å². The molecular formula is C19H27NO12. The fourth-order valence-corrected chi connectivity index (χ4v) is 3.58. The van der Waals surface area contributed by atoms with Crippen molar-refractivity contribution in [3.05, 3.63) is 29.8 Å². The van der Waals surface area contributed by atoms with Gasteiger partial charge in [0.1, 0.15) is 48.8 Å². The minimum atomic E-state index is -1.75. The van der Waals surface area contributed by atoms with Crippen LogP contribution < -0.4 is 5.32 Å². The molecule has 10 atom stereocenters. The van der Waals surface area contributed by atoms with Gasteiger partial charge >= 0.3 is 5.97 Å². The summed E-state index contributed by atoms with van der Waals surface area (Å²) < 4.78 is 16.3. The third-order valence-corrected chi connectivity index (χ3v) is 5.44. The molecule has 2 fully saturated rings. The van der Waals surface area contributed by atoms with Crippen molar-refractivity contribution in [1.82, 2.24) is 0 Å². The first-order chi connectivity index (χ1) is 15.2. The highest BCUT2D eigenvalue weighted by atomic mass is 16.7. The second-order valence-corrected chi connectivity index (χ2v) is 7.58. The number of carboxylic acids is 1. The van der Waals surface area contributed by atoms with Gasteiger partial charge in [0.25, 0.3) is 0 Å². The number of carbonyl (C=O) groups is 1. The van der Waals surface area contributed by atoms with Crippen LogP contribution in [0, 0.1) is 0 Å². The molecule has 32 heavy (non-hydrogen) atoms. The molecule has 2 saturated heterocycles. The normalized spacial score (nSPS) is 40.1. The van der Waals surface area contributed by atoms with E-state index in [-0.39, 0.29) is 5.56 Å². The van der Waals surface area contributed by atoms with Crippen molar-refractivity contribution in [2.45, 2.75) is 61.3 Å². The average Bonchev–Trinajstić information content (AvgIpc) is 2.79. The smallest absolute Gasteiger partial charge is 0.335 e. The van der Waals surface area contributed by atoms with Crippen molar-refractivity contribution in [1.29, 1.82) is 0 Å². The molecule has 2 aliphatic rings. The van der Waals surface area contributed by atoms with E-state index in [1.807, 2.05) is 0 Å². The molecule has 0 radical (unpaired) electrons. The van der Waals surface area contributed by atoms with Crippen molar-refractivity contribution in [2.24, 2.45) is 0 Å². The minimum Gasteiger partial charge on any atom is -0.478 e. The molecule has 180 valence electrons. The predicted octanol–water partition coefficient (Wildman–Crippen LogP) is -3.58. The summed E-state index contributed by atoms with van der Waals surface area (Å²) in [6.07, 6.45) is -15.0. The Morgan fingerprint density at radius 1 is 0.844 bits per heavy atom. The fraction of sp³-hybridized carbons (Fsp3) is 0.632. The second-order valence-electron chi connectivity index (χ2n) is 7.58. The fourth-order valence-electron chi connectivity index (χ4n) is 3.58. The Hall–Kier alpha value is -1.91. The molecule has 3 rings (SSSR count). The van der Waals surface area contributed by atoms with E-state index in [9.17, 15) is 40.5 Å². The van der Waals surface area contributed by atoms with Crippen molar-refractivity contribution in [3.63, 3.8) is 0 Å². The maximum atomic E-state index is 10.9. The first-order valence-corrected chi connectivity index (χ1v) is 9.86. The van der Waals surface area contributed by atoms with Crippen LogP contribution in [0.25, 0.3) is 0 Å². The third kappa shape index (κ3) is 5.02. The van der Waals surface area contributed by atoms with Gasteiger partial charge in [-0.15, -0.1) is 0 Å². The largest absolute Gasteiger partial charge is 0.478 e. The summed E-state index contributed by atoms with van der Waals surface area (Å²) >= 11 is 0. The summed E-state index contributed by atoms with van der Waals surface area (Å²) in [6.45, 7) is -1.35. The van der Waals surface area contributed by atoms with Crippen LogP contribution in [0.2, 0.25) is 0 Å². The molecule has 13 heteroatoms. The van der Waals surface area contributed by atoms with E-state index in [2.05, 4.69) is 5.32 Å². The number of aliphatic hydroxyl groups is 7. The highest BCUT2D eigenvalue weighted by Crippen LogP contribution is 2.29. The molecule has 13 nitrogen and oxygen atoms in total. The van der Waals surface area contributed by atoms with E-state index < -0.39 is 80.5 Å². The van der Waals surface area contributed by atoms with Crippen molar-refractivity contribution in [2.75, 3.05) is 18.5 Å². The number of aliphatic hydroxyl groups excluding tert-OH is 7. The zero-order valence-electron chi connectivity index (χ0n) is 16.7. The Morgan fingerprint density at radius 2 is 1.47 bits per heavy atom. The van der Waals surface area contributed by atoms with Crippen LogP contribution in [0.1, 0.15) is 10.4 Å². The van der Waals surface area contributed by atoms with Crippen LogP contribution >= 0.6 is 0 Å². The van der Waals surface area contributed by atoms with Gasteiger partial charge in [0.15, 0.2) is 12.5 Å². The van der Waals surface area contributed by atoms with E-state index >= 15 is 0 Å². The van der Waals surface area contributed by atoms with Crippen LogP contribution in [0.5, 0.6) is 0 Å². The standard InChI is InChI=1S/C19H27NO12/c21-5-9-11(23)12(24)15(27)19(31-9)32-16-10(6-22)30-17(14(26)13(16)25)20-8-3-1-7(2-4-8)18(28)29/h1-4,9-17,19-27H,5-6H2,(H,28,29)/t9-,10-,11+,12-,13+,14-,15-,16+,17-,19-/m1/s1. The Labute approximate surface area is 182 Å². The highest BCUT2D eigenvalue weighted by Gasteiger charge is 2.50. The summed E-state index contributed by atoms with van der Waals surface area (Å²) in [5.41, 5.74) is 0.415. The number of ether oxygens (including phenoxy) is 3. The summed E-state index contributed by atoms with van der Waals surface area (Å²) in [5, 5.41) is 81.6. The first-order valence-electron chi connectivity index (χ1n) is 9.86. The zero-order valence-corrected chi connectivity index (χ0v) is 16.7. The number of carboxylic acid groups (broad SMARTS) is 1. The molecular weight excluding hydrogens is 434 g/mol. The number of nitrogens with one attached hydrogen (secondary N) is 1. The van der Waals surface area contributed by atoms with Gasteiger partial charge in [-0.05, 0) is 24.3 Å². The van der Waals surface area contributed by atoms with E-state index in [1.165, 1.54) is 24.3 Å². The molecule has 0 amide bonds. The summed E-state index contributed by atoms with van der Waals surface area (Å²) in [4.78, 5) is 10.9. The summed E-state index contributed by atoms with van der Waals surface area (Å²) in [7, 11) is 0. The predicted molar refractivity (Wildman–Crippen MR) is 103 cm³/mol. The van der Waals surface area contributed by atoms with Gasteiger partial charge in [0, 0.05) is 5.69 Å². The van der Waals surface area contributed by atoms with Gasteiger partial charge in [-0.25, -0.2) is 4.79 Å². The molecule has 0 aliphatic carbocycles. The average molecular weight is 461 g/mol. The van der Waals surface area contributed by atoms with Crippen LogP contribution in [0.3, 0.4) is 0 Å². The maximum Gasteiger partial charge on any atom is 0.335 e. The van der Waals surface area contributed by atoms with Gasteiger partial charge in [-0.1, -0.05) is 0 Å². The summed E-state index contributed by atoms with van der Waals surface area (Å²) in [6, 6.07) is 5.50. The van der Waals surface area contributed by atoms with E-state index in [1.54, 1.807) is 0 Å². The van der Waals surface area contributed by atoms with Crippen molar-refractivity contribution < 1.29 is 59.9 Å². The Bertz CT molecular complexity index is 759. The van der Waals surface area contributed by atoms with E-state index in [0.717, 1.165) is 0 Å². The molecule has 2 aliphatic heterocycles. The zero-order chi connectivity index (χ0) is 23.6. The number of hydrogen-bond donors (Lipinski definition) is 9. The van der Waals surface area contributed by atoms with Gasteiger partial charge in [0.05, 0.1) is 18.8 Å². The highest BCUT2D eigenvalue weighted by molar-refractivity contribution is 5.88. The van der Waals surface area contributed by atoms with Crippen LogP contribution in [0.4, 0.5) is 5.69 Å². The lowest BCUT2D eigenvalue weighted by molar-refractivity contribution is -0.340. The number of hydrogen-bond acceptors (Lipinski definition) is 12. The van der Waals surface area contributed by atoms with Gasteiger partial charge in [0.2, 0.25) is 0 Å². The van der Waals surface area contributed by atoms with E-state index in [0.29, 0.717) is 5.69 Å². The first kappa shape index (κ1) is 24.7. The SMILES string of the molecule is O=C(O)c1ccc(N[C@@H]2O[C@H](CO)[C@H](O[C@H]3O[C@H](CO)[C@H](O)[C@@H](O)[C@H]3O)[C@@H](O)[C@H]2O)cc1. The lowest BCUT2D eigenvalue weighted by Crippen LogP contribution is -2.65. The lowest BCUT2D eigenvalue weighted by atomic mass is 9.96. The molecule has 0 bridgehead atoms. The number of aromatic carboxylic acids is 1. The Morgan fingerprint density at radius 3 is 2.03 bits per heavy atom. The van der Waals surface area contributed by atoms with Gasteiger partial charge in [-0.3, -0.25) is 0 Å². The third-order valence-electron chi connectivity index (χ3n) is 5.44. The second kappa shape index (κ2) is 10.4. The van der Waals surface area contributed by atoms with E-state index in [4.69, 9.17) is 19.3 Å². The van der Waals surface area contributed by atoms with Gasteiger partial charge in [-0.2, -0.15) is 0 Å². The lowest BCUT2D eigenvalue weighted by Gasteiger charge is -2.46. The molecule has 2 heterocycles. The Kier molecular flexibility index (Phi) is 8.00. The molecule has 0 aromatic heterocycles. The summed E-state index contributed by atoms with van der Waals surface area (Å²) in [5.74, 6) is -1.12. The molecule has 0 spiro atoms. The topological polar surface area (TPSA) is 219 Å². The van der Waals surface area contributed by atoms with Crippen molar-refractivity contribution >= 4 is 11.7 Å². The van der Waals surface area contributed by atoms with Gasteiger partial charge < -0.3 is 60.4 Å². The van der Waals surface area contributed by atoms with Crippen LogP contribution in [0.15, 0.2) is 24.3 Å². The van der Waals surface area contributed by atoms with Crippen molar-refractivity contribution in [3.8, 4) is 0 Å².